The van der Waals surface area contributed by atoms with E-state index in [4.69, 9.17) is 4.74 Å². The van der Waals surface area contributed by atoms with Crippen LogP contribution < -0.4 is 5.32 Å². The van der Waals surface area contributed by atoms with Crippen molar-refractivity contribution in [3.8, 4) is 0 Å². The monoisotopic (exact) mass is 270 g/mol. The molecule has 0 spiro atoms. The van der Waals surface area contributed by atoms with Gasteiger partial charge in [0.1, 0.15) is 18.1 Å². The Kier molecular flexibility index (Phi) is 5.89. The van der Waals surface area contributed by atoms with Gasteiger partial charge < -0.3 is 19.9 Å². The zero-order valence-corrected chi connectivity index (χ0v) is 12.1. The van der Waals surface area contributed by atoms with E-state index in [-0.39, 0.29) is 11.7 Å². The molecule has 1 heterocycles. The highest BCUT2D eigenvalue weighted by Crippen LogP contribution is 2.27. The molecule has 5 heteroatoms. The minimum Gasteiger partial charge on any atom is -0.509 e. The summed E-state index contributed by atoms with van der Waals surface area (Å²) in [5, 5.41) is 12.9. The Balaban J connectivity index is 2.89. The van der Waals surface area contributed by atoms with Crippen molar-refractivity contribution in [2.24, 2.45) is 0 Å². The Morgan fingerprint density at radius 1 is 1.58 bits per heavy atom. The summed E-state index contributed by atoms with van der Waals surface area (Å²) >= 11 is 0. The molecule has 0 fully saturated rings. The van der Waals surface area contributed by atoms with Crippen LogP contribution in [0.5, 0.6) is 0 Å². The lowest BCUT2D eigenvalue weighted by Crippen LogP contribution is -2.50. The average molecular weight is 270 g/mol. The van der Waals surface area contributed by atoms with Gasteiger partial charge in [0.25, 0.3) is 0 Å². The van der Waals surface area contributed by atoms with Gasteiger partial charge in [0, 0.05) is 18.9 Å². The van der Waals surface area contributed by atoms with Gasteiger partial charge in [0.15, 0.2) is 6.04 Å². The summed E-state index contributed by atoms with van der Waals surface area (Å²) < 4.78 is 10.2. The molecule has 1 aliphatic rings. The first-order valence-electron chi connectivity index (χ1n) is 6.68. The number of rotatable bonds is 5. The fourth-order valence-electron chi connectivity index (χ4n) is 1.94. The molecule has 0 aromatic rings. The predicted molar refractivity (Wildman–Crippen MR) is 73.6 cm³/mol. The molecule has 3 N–H and O–H groups in total. The van der Waals surface area contributed by atoms with Crippen molar-refractivity contribution in [2.75, 3.05) is 6.61 Å². The number of aliphatic hydroxyl groups is 3. The molecule has 0 aliphatic carbocycles. The van der Waals surface area contributed by atoms with Crippen LogP contribution >= 0.6 is 0 Å². The minimum absolute atomic E-state index is 0.125. The Labute approximate surface area is 114 Å². The van der Waals surface area contributed by atoms with E-state index in [9.17, 15) is 9.90 Å². The third-order valence-electron chi connectivity index (χ3n) is 3.02. The van der Waals surface area contributed by atoms with Crippen LogP contribution in [-0.2, 0) is 9.53 Å². The maximum absolute atomic E-state index is 11.2. The number of allylic oxidation sites excluding steroid dienone is 2. The molecule has 19 heavy (non-hydrogen) atoms. The van der Waals surface area contributed by atoms with Crippen molar-refractivity contribution in [1.82, 2.24) is 5.32 Å². The number of aliphatic hydroxyl groups excluding tert-OH is 1. The first-order chi connectivity index (χ1) is 9.01. The van der Waals surface area contributed by atoms with Gasteiger partial charge in [-0.1, -0.05) is 6.92 Å². The molecule has 5 nitrogen and oxygen atoms in total. The van der Waals surface area contributed by atoms with Gasteiger partial charge in [-0.15, -0.1) is 0 Å². The van der Waals surface area contributed by atoms with E-state index in [1.165, 1.54) is 6.92 Å². The second-order valence-corrected chi connectivity index (χ2v) is 4.61. The van der Waals surface area contributed by atoms with Gasteiger partial charge in [0.2, 0.25) is 5.91 Å². The lowest BCUT2D eigenvalue weighted by atomic mass is 10.1. The second-order valence-electron chi connectivity index (χ2n) is 4.61. The summed E-state index contributed by atoms with van der Waals surface area (Å²) in [7, 11) is 0. The molecule has 1 amide bonds. The van der Waals surface area contributed by atoms with Crippen molar-refractivity contribution in [3.05, 3.63) is 23.2 Å². The van der Waals surface area contributed by atoms with E-state index in [2.05, 4.69) is 17.0 Å². The van der Waals surface area contributed by atoms with Gasteiger partial charge in [-0.2, -0.15) is 0 Å². The Bertz CT molecular complexity index is 387. The van der Waals surface area contributed by atoms with Crippen LogP contribution in [0.25, 0.3) is 0 Å². The number of nitrogens with one attached hydrogen (secondary N) is 1. The summed E-state index contributed by atoms with van der Waals surface area (Å²) in [6.45, 7) is 7.76. The molecule has 2 atom stereocenters. The summed E-state index contributed by atoms with van der Waals surface area (Å²) in [6, 6.07) is -0.599. The van der Waals surface area contributed by atoms with E-state index in [0.717, 1.165) is 12.8 Å². The molecule has 1 unspecified atom stereocenters. The van der Waals surface area contributed by atoms with Gasteiger partial charge in [0.05, 0.1) is 0 Å². The predicted octanol–water partition coefficient (Wildman–Crippen LogP) is 1.91. The molecule has 0 radical (unpaired) electrons. The van der Waals surface area contributed by atoms with Crippen molar-refractivity contribution >= 4 is 5.91 Å². The van der Waals surface area contributed by atoms with Crippen molar-refractivity contribution < 1.29 is 19.4 Å². The maximum atomic E-state index is 11.2. The number of unbranched alkanes of at least 4 members (excludes halogenated alkanes) is 1. The maximum Gasteiger partial charge on any atom is 0.333 e. The molecule has 0 aromatic heterocycles. The van der Waals surface area contributed by atoms with Crippen LogP contribution in [0.15, 0.2) is 23.2 Å². The summed E-state index contributed by atoms with van der Waals surface area (Å²) in [4.78, 5) is 11.2. The second kappa shape index (κ2) is 7.19. The highest BCUT2D eigenvalue weighted by atomic mass is 16.7. The van der Waals surface area contributed by atoms with E-state index in [0.29, 0.717) is 17.9 Å². The topological polar surface area (TPSA) is 71.4 Å². The lowest BCUT2D eigenvalue weighted by Gasteiger charge is -2.30. The highest BCUT2D eigenvalue weighted by molar-refractivity contribution is 5.73. The number of hydrogen-bond donors (Lipinski definition) is 2. The SMILES string of the molecule is C/C=C1\O[C@@H]([OH+]CCCC)C(NC(C)=O)C(O)=C1C. The molecule has 0 saturated heterocycles. The largest absolute Gasteiger partial charge is 0.509 e. The van der Waals surface area contributed by atoms with Gasteiger partial charge in [-0.25, -0.2) is 0 Å². The van der Waals surface area contributed by atoms with Gasteiger partial charge >= 0.3 is 6.29 Å². The number of carbonyl (C=O) groups excluding carboxylic acids is 1. The summed E-state index contributed by atoms with van der Waals surface area (Å²) in [5.41, 5.74) is 0.642. The smallest absolute Gasteiger partial charge is 0.333 e. The molecule has 0 aromatic carbocycles. The van der Waals surface area contributed by atoms with Crippen molar-refractivity contribution in [1.29, 1.82) is 0 Å². The first-order valence-corrected chi connectivity index (χ1v) is 6.68. The number of amides is 1. The lowest BCUT2D eigenvalue weighted by molar-refractivity contribution is -0.237. The molecule has 0 bridgehead atoms. The Hall–Kier alpha value is -1.49. The average Bonchev–Trinajstić information content (AvgIpc) is 2.37. The highest BCUT2D eigenvalue weighted by Gasteiger charge is 2.39. The Morgan fingerprint density at radius 3 is 2.79 bits per heavy atom. The number of ether oxygens (including phenoxy) is 2. The standard InChI is InChI=1S/C14H23NO4/c1-5-7-8-18-14-12(15-10(4)16)13(17)9(3)11(6-2)19-14/h6,12,14,17H,5,7-8H2,1-4H3,(H,15,16)/p+1/b11-6-/t12?,14-/m1/s1. The molecular formula is C14H24NO4+. The summed E-state index contributed by atoms with van der Waals surface area (Å²) in [5.74, 6) is 0.525. The fourth-order valence-corrected chi connectivity index (χ4v) is 1.94. The van der Waals surface area contributed by atoms with Crippen LogP contribution in [0.1, 0.15) is 40.5 Å². The van der Waals surface area contributed by atoms with Gasteiger partial charge in [-0.3, -0.25) is 4.79 Å². The third-order valence-corrected chi connectivity index (χ3v) is 3.02. The molecule has 1 rings (SSSR count). The number of carbonyl (C=O) groups is 1. The normalized spacial score (nSPS) is 25.4. The van der Waals surface area contributed by atoms with Gasteiger partial charge in [-0.05, 0) is 26.3 Å². The molecule has 1 aliphatic heterocycles. The zero-order valence-electron chi connectivity index (χ0n) is 12.1. The van der Waals surface area contributed by atoms with Crippen LogP contribution in [-0.4, -0.2) is 34.7 Å². The quantitative estimate of drug-likeness (QED) is 0.592. The van der Waals surface area contributed by atoms with E-state index < -0.39 is 12.3 Å². The molecule has 0 saturated carbocycles. The summed E-state index contributed by atoms with van der Waals surface area (Å²) in [6.07, 6.45) is 3.22. The van der Waals surface area contributed by atoms with Crippen molar-refractivity contribution in [3.63, 3.8) is 0 Å². The van der Waals surface area contributed by atoms with E-state index in [1.54, 1.807) is 13.0 Å². The minimum atomic E-state index is -0.599. The third kappa shape index (κ3) is 3.99. The van der Waals surface area contributed by atoms with Crippen LogP contribution in [0.3, 0.4) is 0 Å². The zero-order chi connectivity index (χ0) is 14.4. The van der Waals surface area contributed by atoms with E-state index >= 15 is 0 Å². The molecule has 108 valence electrons. The van der Waals surface area contributed by atoms with Crippen molar-refractivity contribution in [2.45, 2.75) is 52.9 Å². The first kappa shape index (κ1) is 15.6. The van der Waals surface area contributed by atoms with Crippen LogP contribution in [0.4, 0.5) is 0 Å². The van der Waals surface area contributed by atoms with Crippen LogP contribution in [0.2, 0.25) is 0 Å². The van der Waals surface area contributed by atoms with E-state index in [1.807, 2.05) is 6.92 Å². The number of hydrogen-bond acceptors (Lipinski definition) is 3. The fraction of sp³-hybridized carbons (Fsp3) is 0.643. The van der Waals surface area contributed by atoms with Crippen LogP contribution in [0, 0.1) is 0 Å². The Morgan fingerprint density at radius 2 is 2.26 bits per heavy atom. The molecular weight excluding hydrogens is 246 g/mol.